The first-order valence-electron chi connectivity index (χ1n) is 6.19. The number of furan rings is 1. The Hall–Kier alpha value is -1.29. The molecule has 17 heavy (non-hydrogen) atoms. The van der Waals surface area contributed by atoms with Crippen LogP contribution in [0.25, 0.3) is 0 Å². The standard InChI is InChI=1S/C13H20N2O2/c1-15(9-11-5-3-7-17-11)13(16)12-6-2-4-10(12)8-14/h3,5,7,10,12H,2,4,6,8-9,14H2,1H3. The number of amides is 1. The van der Waals surface area contributed by atoms with Crippen molar-refractivity contribution in [2.75, 3.05) is 13.6 Å². The fraction of sp³-hybridized carbons (Fsp3) is 0.615. The summed E-state index contributed by atoms with van der Waals surface area (Å²) in [4.78, 5) is 14.0. The molecule has 0 bridgehead atoms. The molecule has 1 fully saturated rings. The van der Waals surface area contributed by atoms with Crippen molar-refractivity contribution < 1.29 is 9.21 Å². The second-order valence-electron chi connectivity index (χ2n) is 4.81. The van der Waals surface area contributed by atoms with Crippen LogP contribution in [0.15, 0.2) is 22.8 Å². The van der Waals surface area contributed by atoms with Gasteiger partial charge in [-0.05, 0) is 37.4 Å². The Kier molecular flexibility index (Phi) is 3.84. The summed E-state index contributed by atoms with van der Waals surface area (Å²) in [5.74, 6) is 1.50. The zero-order valence-electron chi connectivity index (χ0n) is 10.3. The van der Waals surface area contributed by atoms with E-state index in [2.05, 4.69) is 0 Å². The van der Waals surface area contributed by atoms with Gasteiger partial charge in [-0.3, -0.25) is 4.79 Å². The first-order valence-corrected chi connectivity index (χ1v) is 6.19. The Morgan fingerprint density at radius 1 is 1.59 bits per heavy atom. The summed E-state index contributed by atoms with van der Waals surface area (Å²) in [5.41, 5.74) is 5.71. The molecule has 1 heterocycles. The lowest BCUT2D eigenvalue weighted by Crippen LogP contribution is -2.36. The van der Waals surface area contributed by atoms with E-state index in [9.17, 15) is 4.79 Å². The van der Waals surface area contributed by atoms with Crippen LogP contribution in [0.1, 0.15) is 25.0 Å². The number of nitrogens with zero attached hydrogens (tertiary/aromatic N) is 1. The largest absolute Gasteiger partial charge is 0.467 e. The van der Waals surface area contributed by atoms with E-state index in [1.165, 1.54) is 0 Å². The van der Waals surface area contributed by atoms with Gasteiger partial charge in [0.1, 0.15) is 5.76 Å². The Balaban J connectivity index is 1.94. The highest BCUT2D eigenvalue weighted by atomic mass is 16.3. The molecule has 1 aromatic heterocycles. The minimum atomic E-state index is 0.111. The number of rotatable bonds is 4. The van der Waals surface area contributed by atoms with E-state index in [1.54, 1.807) is 11.2 Å². The van der Waals surface area contributed by atoms with E-state index in [0.717, 1.165) is 25.0 Å². The molecule has 94 valence electrons. The number of carbonyl (C=O) groups is 1. The maximum absolute atomic E-state index is 12.3. The highest BCUT2D eigenvalue weighted by Gasteiger charge is 2.33. The quantitative estimate of drug-likeness (QED) is 0.864. The third-order valence-corrected chi connectivity index (χ3v) is 3.63. The van der Waals surface area contributed by atoms with Crippen LogP contribution in [0.5, 0.6) is 0 Å². The summed E-state index contributed by atoms with van der Waals surface area (Å²) >= 11 is 0. The SMILES string of the molecule is CN(Cc1ccco1)C(=O)C1CCCC1CN. The van der Waals surface area contributed by atoms with Crippen LogP contribution in [0, 0.1) is 11.8 Å². The van der Waals surface area contributed by atoms with Crippen molar-refractivity contribution in [2.45, 2.75) is 25.8 Å². The zero-order valence-corrected chi connectivity index (χ0v) is 10.3. The molecule has 1 aliphatic rings. The second kappa shape index (κ2) is 5.36. The second-order valence-corrected chi connectivity index (χ2v) is 4.81. The first kappa shape index (κ1) is 12.2. The van der Waals surface area contributed by atoms with Crippen molar-refractivity contribution in [3.63, 3.8) is 0 Å². The summed E-state index contributed by atoms with van der Waals surface area (Å²) in [6.07, 6.45) is 4.81. The minimum Gasteiger partial charge on any atom is -0.467 e. The van der Waals surface area contributed by atoms with Gasteiger partial charge in [-0.15, -0.1) is 0 Å². The van der Waals surface area contributed by atoms with Crippen molar-refractivity contribution in [2.24, 2.45) is 17.6 Å². The molecule has 1 aromatic rings. The Labute approximate surface area is 102 Å². The molecule has 0 aliphatic heterocycles. The number of hydrogen-bond acceptors (Lipinski definition) is 3. The van der Waals surface area contributed by atoms with Gasteiger partial charge >= 0.3 is 0 Å². The van der Waals surface area contributed by atoms with Gasteiger partial charge in [0.15, 0.2) is 0 Å². The van der Waals surface area contributed by atoms with Gasteiger partial charge in [0.25, 0.3) is 0 Å². The molecule has 0 aromatic carbocycles. The van der Waals surface area contributed by atoms with E-state index < -0.39 is 0 Å². The molecular weight excluding hydrogens is 216 g/mol. The molecule has 1 amide bonds. The van der Waals surface area contributed by atoms with Gasteiger partial charge in [-0.2, -0.15) is 0 Å². The molecular formula is C13H20N2O2. The predicted octanol–water partition coefficient (Wildman–Crippen LogP) is 1.61. The van der Waals surface area contributed by atoms with Gasteiger partial charge in [0.05, 0.1) is 12.8 Å². The third kappa shape index (κ3) is 2.69. The molecule has 1 aliphatic carbocycles. The van der Waals surface area contributed by atoms with Crippen molar-refractivity contribution in [3.8, 4) is 0 Å². The zero-order chi connectivity index (χ0) is 12.3. The topological polar surface area (TPSA) is 59.5 Å². The van der Waals surface area contributed by atoms with Crippen LogP contribution in [0.2, 0.25) is 0 Å². The first-order chi connectivity index (χ1) is 8.22. The van der Waals surface area contributed by atoms with Crippen molar-refractivity contribution in [1.29, 1.82) is 0 Å². The maximum atomic E-state index is 12.3. The molecule has 2 unspecified atom stereocenters. The van der Waals surface area contributed by atoms with Gasteiger partial charge in [-0.1, -0.05) is 6.42 Å². The average Bonchev–Trinajstić information content (AvgIpc) is 2.97. The van der Waals surface area contributed by atoms with Crippen molar-refractivity contribution >= 4 is 5.91 Å². The Morgan fingerprint density at radius 3 is 3.06 bits per heavy atom. The molecule has 2 N–H and O–H groups in total. The summed E-state index contributed by atoms with van der Waals surface area (Å²) in [5, 5.41) is 0. The molecule has 0 spiro atoms. The lowest BCUT2D eigenvalue weighted by Gasteiger charge is -2.23. The Morgan fingerprint density at radius 2 is 2.41 bits per heavy atom. The summed E-state index contributed by atoms with van der Waals surface area (Å²) < 4.78 is 5.25. The molecule has 0 radical (unpaired) electrons. The van der Waals surface area contributed by atoms with Crippen molar-refractivity contribution in [1.82, 2.24) is 4.90 Å². The van der Waals surface area contributed by atoms with Crippen LogP contribution in [0.3, 0.4) is 0 Å². The van der Waals surface area contributed by atoms with E-state index in [4.69, 9.17) is 10.2 Å². The molecule has 2 atom stereocenters. The Bertz CT molecular complexity index is 362. The highest BCUT2D eigenvalue weighted by molar-refractivity contribution is 5.79. The fourth-order valence-electron chi connectivity index (χ4n) is 2.64. The van der Waals surface area contributed by atoms with Crippen LogP contribution in [0.4, 0.5) is 0 Å². The molecule has 1 saturated carbocycles. The predicted molar refractivity (Wildman–Crippen MR) is 65.1 cm³/mol. The maximum Gasteiger partial charge on any atom is 0.226 e. The van der Waals surface area contributed by atoms with Crippen LogP contribution < -0.4 is 5.73 Å². The van der Waals surface area contributed by atoms with Crippen LogP contribution in [-0.4, -0.2) is 24.4 Å². The van der Waals surface area contributed by atoms with Gasteiger partial charge < -0.3 is 15.1 Å². The summed E-state index contributed by atoms with van der Waals surface area (Å²) in [6, 6.07) is 3.73. The van der Waals surface area contributed by atoms with E-state index in [0.29, 0.717) is 19.0 Å². The third-order valence-electron chi connectivity index (χ3n) is 3.63. The van der Waals surface area contributed by atoms with Gasteiger partial charge in [-0.25, -0.2) is 0 Å². The summed E-state index contributed by atoms with van der Waals surface area (Å²) in [7, 11) is 1.83. The minimum absolute atomic E-state index is 0.111. The number of carbonyl (C=O) groups excluding carboxylic acids is 1. The normalized spacial score (nSPS) is 23.9. The molecule has 2 rings (SSSR count). The van der Waals surface area contributed by atoms with E-state index >= 15 is 0 Å². The monoisotopic (exact) mass is 236 g/mol. The van der Waals surface area contributed by atoms with Gasteiger partial charge in [0.2, 0.25) is 5.91 Å². The molecule has 0 saturated heterocycles. The smallest absolute Gasteiger partial charge is 0.226 e. The highest BCUT2D eigenvalue weighted by Crippen LogP contribution is 2.32. The van der Waals surface area contributed by atoms with Gasteiger partial charge in [0, 0.05) is 13.0 Å². The van der Waals surface area contributed by atoms with E-state index in [1.807, 2.05) is 19.2 Å². The van der Waals surface area contributed by atoms with E-state index in [-0.39, 0.29) is 11.8 Å². The van der Waals surface area contributed by atoms with Crippen LogP contribution >= 0.6 is 0 Å². The average molecular weight is 236 g/mol. The van der Waals surface area contributed by atoms with Crippen molar-refractivity contribution in [3.05, 3.63) is 24.2 Å². The lowest BCUT2D eigenvalue weighted by atomic mass is 9.95. The van der Waals surface area contributed by atoms with Crippen LogP contribution in [-0.2, 0) is 11.3 Å². The number of hydrogen-bond donors (Lipinski definition) is 1. The molecule has 4 heteroatoms. The molecule has 4 nitrogen and oxygen atoms in total. The number of nitrogens with two attached hydrogens (primary N) is 1. The fourth-order valence-corrected chi connectivity index (χ4v) is 2.64. The lowest BCUT2D eigenvalue weighted by molar-refractivity contribution is -0.136. The summed E-state index contributed by atoms with van der Waals surface area (Å²) in [6.45, 7) is 1.16.